The molecule has 1 aliphatic heterocycles. The van der Waals surface area contributed by atoms with Gasteiger partial charge in [0.05, 0.1) is 5.75 Å². The Hall–Kier alpha value is -2.57. The van der Waals surface area contributed by atoms with Gasteiger partial charge in [-0.2, -0.15) is 4.72 Å². The zero-order chi connectivity index (χ0) is 22.0. The normalized spacial score (nSPS) is 36.0. The summed E-state index contributed by atoms with van der Waals surface area (Å²) in [7, 11) is -3.62. The van der Waals surface area contributed by atoms with Crippen molar-refractivity contribution in [2.24, 2.45) is 16.7 Å². The number of fused-ring (bicyclic) bond motifs is 1. The number of sulfonamides is 1. The lowest BCUT2D eigenvalue weighted by Crippen LogP contribution is -2.65. The minimum absolute atomic E-state index is 0.0394. The van der Waals surface area contributed by atoms with E-state index in [1.807, 2.05) is 60.7 Å². The minimum Gasteiger partial charge on any atom is -0.374 e. The average Bonchev–Trinajstić information content (AvgIpc) is 3.20. The van der Waals surface area contributed by atoms with Crippen LogP contribution in [0.15, 0.2) is 60.7 Å². The molecule has 2 N–H and O–H groups in total. The molecular formula is C26H25NO3S. The fraction of sp³-hybridized carbons (Fsp3) is 0.385. The van der Waals surface area contributed by atoms with Crippen LogP contribution in [0.25, 0.3) is 0 Å². The highest BCUT2D eigenvalue weighted by atomic mass is 32.2. The second kappa shape index (κ2) is 6.47. The van der Waals surface area contributed by atoms with Gasteiger partial charge in [-0.05, 0) is 42.5 Å². The predicted molar refractivity (Wildman–Crippen MR) is 120 cm³/mol. The van der Waals surface area contributed by atoms with E-state index < -0.39 is 32.0 Å². The lowest BCUT2D eigenvalue weighted by Gasteiger charge is -2.45. The molecule has 2 aliphatic carbocycles. The molecule has 5 heteroatoms. The molecule has 5 rings (SSSR count). The molecule has 4 unspecified atom stereocenters. The number of nitrogens with one attached hydrogen (secondary N) is 1. The highest BCUT2D eigenvalue weighted by Gasteiger charge is 2.85. The van der Waals surface area contributed by atoms with Crippen LogP contribution in [0.2, 0.25) is 0 Å². The summed E-state index contributed by atoms with van der Waals surface area (Å²) in [4.78, 5) is 0. The van der Waals surface area contributed by atoms with Gasteiger partial charge in [0, 0.05) is 22.5 Å². The molecule has 3 aliphatic rings. The predicted octanol–water partition coefficient (Wildman–Crippen LogP) is 2.93. The summed E-state index contributed by atoms with van der Waals surface area (Å²) in [5, 5.41) is 12.2. The molecular weight excluding hydrogens is 406 g/mol. The zero-order valence-corrected chi connectivity index (χ0v) is 18.5. The van der Waals surface area contributed by atoms with Gasteiger partial charge in [0.15, 0.2) is 5.60 Å². The molecule has 158 valence electrons. The van der Waals surface area contributed by atoms with Crippen LogP contribution in [0.4, 0.5) is 0 Å². The Morgan fingerprint density at radius 1 is 0.935 bits per heavy atom. The van der Waals surface area contributed by atoms with Gasteiger partial charge in [0.1, 0.15) is 5.54 Å². The zero-order valence-electron chi connectivity index (χ0n) is 17.6. The first kappa shape index (κ1) is 20.3. The largest absolute Gasteiger partial charge is 0.374 e. The smallest absolute Gasteiger partial charge is 0.213 e. The van der Waals surface area contributed by atoms with Crippen LogP contribution in [0.1, 0.15) is 37.8 Å². The van der Waals surface area contributed by atoms with Gasteiger partial charge in [-0.15, -0.1) is 0 Å². The molecule has 2 aromatic rings. The molecule has 0 aromatic heterocycles. The molecule has 0 amide bonds. The number of aliphatic hydroxyl groups is 1. The Labute approximate surface area is 184 Å². The fourth-order valence-electron chi connectivity index (χ4n) is 6.37. The monoisotopic (exact) mass is 431 g/mol. The average molecular weight is 432 g/mol. The maximum Gasteiger partial charge on any atom is 0.213 e. The second-order valence-corrected chi connectivity index (χ2v) is 11.2. The van der Waals surface area contributed by atoms with E-state index >= 15 is 0 Å². The third-order valence-corrected chi connectivity index (χ3v) is 9.33. The van der Waals surface area contributed by atoms with Crippen LogP contribution in [0.3, 0.4) is 0 Å². The van der Waals surface area contributed by atoms with Crippen LogP contribution in [-0.2, 0) is 10.0 Å². The van der Waals surface area contributed by atoms with Crippen molar-refractivity contribution in [1.29, 1.82) is 0 Å². The van der Waals surface area contributed by atoms with E-state index in [-0.39, 0.29) is 11.7 Å². The van der Waals surface area contributed by atoms with E-state index in [1.165, 1.54) is 0 Å². The lowest BCUT2D eigenvalue weighted by atomic mass is 9.60. The molecule has 2 saturated carbocycles. The van der Waals surface area contributed by atoms with Gasteiger partial charge in [-0.25, -0.2) is 8.42 Å². The number of hydrogen-bond donors (Lipinski definition) is 2. The van der Waals surface area contributed by atoms with E-state index in [4.69, 9.17) is 0 Å². The Bertz CT molecular complexity index is 1260. The van der Waals surface area contributed by atoms with Crippen molar-refractivity contribution in [3.8, 4) is 23.7 Å². The highest BCUT2D eigenvalue weighted by Crippen LogP contribution is 2.75. The number of hydrogen-bond acceptors (Lipinski definition) is 3. The third kappa shape index (κ3) is 2.61. The molecule has 31 heavy (non-hydrogen) atoms. The molecule has 1 spiro atoms. The van der Waals surface area contributed by atoms with Gasteiger partial charge in [-0.3, -0.25) is 0 Å². The highest BCUT2D eigenvalue weighted by molar-refractivity contribution is 7.89. The summed E-state index contributed by atoms with van der Waals surface area (Å²) in [6.07, 6.45) is 1.41. The SMILES string of the molecule is CC1(C)C2CCC13CS(=O)(=O)NC3(C#Cc1ccccc1)C2(O)C#Cc1ccccc1. The Morgan fingerprint density at radius 2 is 1.48 bits per heavy atom. The van der Waals surface area contributed by atoms with Gasteiger partial charge in [0.25, 0.3) is 0 Å². The van der Waals surface area contributed by atoms with Crippen LogP contribution >= 0.6 is 0 Å². The first-order valence-corrected chi connectivity index (χ1v) is 12.2. The van der Waals surface area contributed by atoms with Crippen LogP contribution in [0.5, 0.6) is 0 Å². The molecule has 1 saturated heterocycles. The first-order valence-electron chi connectivity index (χ1n) is 10.6. The summed E-state index contributed by atoms with van der Waals surface area (Å²) in [5.41, 5.74) is -2.58. The van der Waals surface area contributed by atoms with Crippen LogP contribution in [-0.4, -0.2) is 30.4 Å². The van der Waals surface area contributed by atoms with Crippen molar-refractivity contribution in [3.63, 3.8) is 0 Å². The maximum atomic E-state index is 13.0. The van der Waals surface area contributed by atoms with Crippen molar-refractivity contribution in [2.75, 3.05) is 5.75 Å². The molecule has 4 atom stereocenters. The van der Waals surface area contributed by atoms with Gasteiger partial charge in [0.2, 0.25) is 10.0 Å². The topological polar surface area (TPSA) is 66.4 Å². The van der Waals surface area contributed by atoms with Crippen molar-refractivity contribution in [1.82, 2.24) is 4.72 Å². The number of rotatable bonds is 0. The third-order valence-electron chi connectivity index (χ3n) is 7.84. The summed E-state index contributed by atoms with van der Waals surface area (Å²) in [6, 6.07) is 18.9. The van der Waals surface area contributed by atoms with E-state index in [0.717, 1.165) is 17.5 Å². The van der Waals surface area contributed by atoms with Crippen molar-refractivity contribution in [2.45, 2.75) is 37.8 Å². The summed E-state index contributed by atoms with van der Waals surface area (Å²) in [5.74, 6) is 12.4. The molecule has 1 heterocycles. The van der Waals surface area contributed by atoms with E-state index in [0.29, 0.717) is 6.42 Å². The van der Waals surface area contributed by atoms with Gasteiger partial charge >= 0.3 is 0 Å². The molecule has 3 fully saturated rings. The standard InChI is InChI=1S/C26H25NO3S/c1-23(2)22-15-16-24(23)19-31(29,30)27-26(24,18-14-21-11-7-4-8-12-21)25(22,28)17-13-20-9-5-3-6-10-20/h3-12,22,27-28H,15-16,19H2,1-2H3. The van der Waals surface area contributed by atoms with E-state index in [1.54, 1.807) is 0 Å². The molecule has 2 bridgehead atoms. The van der Waals surface area contributed by atoms with E-state index in [9.17, 15) is 13.5 Å². The molecule has 4 nitrogen and oxygen atoms in total. The second-order valence-electron chi connectivity index (χ2n) is 9.50. The van der Waals surface area contributed by atoms with Crippen molar-refractivity contribution < 1.29 is 13.5 Å². The maximum absolute atomic E-state index is 13.0. The molecule has 2 aromatic carbocycles. The van der Waals surface area contributed by atoms with Gasteiger partial charge in [-0.1, -0.05) is 73.9 Å². The van der Waals surface area contributed by atoms with Crippen LogP contribution < -0.4 is 4.72 Å². The van der Waals surface area contributed by atoms with Gasteiger partial charge < -0.3 is 5.11 Å². The summed E-state index contributed by atoms with van der Waals surface area (Å²) in [6.45, 7) is 4.13. The quantitative estimate of drug-likeness (QED) is 0.631. The summed E-state index contributed by atoms with van der Waals surface area (Å²) < 4.78 is 28.7. The Balaban J connectivity index is 1.76. The first-order chi connectivity index (χ1) is 14.7. The Morgan fingerprint density at radius 3 is 2.06 bits per heavy atom. The van der Waals surface area contributed by atoms with Crippen molar-refractivity contribution in [3.05, 3.63) is 71.8 Å². The Kier molecular flexibility index (Phi) is 4.24. The number of benzene rings is 2. The summed E-state index contributed by atoms with van der Waals surface area (Å²) >= 11 is 0. The van der Waals surface area contributed by atoms with Crippen molar-refractivity contribution >= 4 is 10.0 Å². The van der Waals surface area contributed by atoms with Crippen LogP contribution in [0, 0.1) is 40.4 Å². The fourth-order valence-corrected chi connectivity index (χ4v) is 8.69. The minimum atomic E-state index is -3.62. The van der Waals surface area contributed by atoms with E-state index in [2.05, 4.69) is 42.3 Å². The molecule has 0 radical (unpaired) electrons. The lowest BCUT2D eigenvalue weighted by molar-refractivity contribution is -0.0207.